The summed E-state index contributed by atoms with van der Waals surface area (Å²) in [5.74, 6) is 0.947. The number of likely N-dealkylation sites (N-methyl/N-ethyl adjacent to an activating group) is 1. The van der Waals surface area contributed by atoms with Gasteiger partial charge in [0, 0.05) is 52.7 Å². The second-order valence-electron chi connectivity index (χ2n) is 6.46. The van der Waals surface area contributed by atoms with Gasteiger partial charge in [-0.15, -0.1) is 0 Å². The van der Waals surface area contributed by atoms with E-state index in [-0.39, 0.29) is 24.4 Å². The maximum atomic E-state index is 11.8. The average molecular weight is 321 g/mol. The van der Waals surface area contributed by atoms with Crippen LogP contribution in [-0.2, 0) is 9.59 Å². The number of piperazine rings is 1. The minimum Gasteiger partial charge on any atom is -0.352 e. The number of carbonyl (C=O) groups excluding carboxylic acids is 2. The van der Waals surface area contributed by atoms with E-state index in [9.17, 15) is 9.59 Å². The van der Waals surface area contributed by atoms with E-state index in [0.29, 0.717) is 13.0 Å². The zero-order valence-electron chi connectivity index (χ0n) is 14.3. The Morgan fingerprint density at radius 2 is 2.17 bits per heavy atom. The van der Waals surface area contributed by atoms with Gasteiger partial charge in [-0.1, -0.05) is 12.2 Å². The maximum absolute atomic E-state index is 11.8. The standard InChI is InChI=1S/C16H27N5O2/c1-12(2)9-17-16(18-10-15(23)19(3)4)20-7-8-21-13(11-20)5-6-14(21)22/h13H,1,5-11H2,2-4H3,(H,17,18). The third kappa shape index (κ3) is 4.46. The first kappa shape index (κ1) is 17.3. The Morgan fingerprint density at radius 1 is 1.43 bits per heavy atom. The van der Waals surface area contributed by atoms with Gasteiger partial charge < -0.3 is 20.0 Å². The van der Waals surface area contributed by atoms with Gasteiger partial charge in [-0.2, -0.15) is 0 Å². The summed E-state index contributed by atoms with van der Waals surface area (Å²) >= 11 is 0. The number of guanidine groups is 1. The Balaban J connectivity index is 2.04. The Labute approximate surface area is 138 Å². The lowest BCUT2D eigenvalue weighted by molar-refractivity contribution is -0.130. The third-order valence-corrected chi connectivity index (χ3v) is 4.21. The molecule has 0 aromatic heterocycles. The van der Waals surface area contributed by atoms with Crippen molar-refractivity contribution in [2.24, 2.45) is 4.99 Å². The molecular formula is C16H27N5O2. The fraction of sp³-hybridized carbons (Fsp3) is 0.688. The molecule has 0 aromatic carbocycles. The van der Waals surface area contributed by atoms with Gasteiger partial charge in [-0.3, -0.25) is 9.59 Å². The lowest BCUT2D eigenvalue weighted by Gasteiger charge is -2.39. The van der Waals surface area contributed by atoms with Crippen LogP contribution in [0, 0.1) is 0 Å². The molecule has 7 heteroatoms. The fourth-order valence-electron chi connectivity index (χ4n) is 2.84. The van der Waals surface area contributed by atoms with Crippen LogP contribution >= 0.6 is 0 Å². The van der Waals surface area contributed by atoms with Crippen LogP contribution < -0.4 is 5.32 Å². The number of fused-ring (bicyclic) bond motifs is 1. The molecule has 0 aliphatic carbocycles. The van der Waals surface area contributed by atoms with E-state index >= 15 is 0 Å². The number of hydrogen-bond acceptors (Lipinski definition) is 3. The molecule has 1 N–H and O–H groups in total. The summed E-state index contributed by atoms with van der Waals surface area (Å²) in [6.45, 7) is 8.81. The molecule has 7 nitrogen and oxygen atoms in total. The number of nitrogens with one attached hydrogen (secondary N) is 1. The number of nitrogens with zero attached hydrogens (tertiary/aromatic N) is 4. The number of carbonyl (C=O) groups is 2. The van der Waals surface area contributed by atoms with E-state index in [1.54, 1.807) is 14.1 Å². The largest absolute Gasteiger partial charge is 0.352 e. The van der Waals surface area contributed by atoms with Gasteiger partial charge in [0.05, 0.1) is 0 Å². The highest BCUT2D eigenvalue weighted by atomic mass is 16.2. The maximum Gasteiger partial charge on any atom is 0.243 e. The van der Waals surface area contributed by atoms with E-state index in [4.69, 9.17) is 0 Å². The quantitative estimate of drug-likeness (QED) is 0.446. The SMILES string of the molecule is C=C(C)CNC(=NCC(=O)N(C)C)N1CCN2C(=O)CCC2C1. The van der Waals surface area contributed by atoms with Crippen LogP contribution in [0.1, 0.15) is 19.8 Å². The van der Waals surface area contributed by atoms with Gasteiger partial charge in [0.15, 0.2) is 5.96 Å². The second kappa shape index (κ2) is 7.48. The van der Waals surface area contributed by atoms with E-state index in [0.717, 1.165) is 37.6 Å². The molecule has 128 valence electrons. The van der Waals surface area contributed by atoms with E-state index in [1.165, 1.54) is 4.90 Å². The first-order valence-electron chi connectivity index (χ1n) is 8.05. The summed E-state index contributed by atoms with van der Waals surface area (Å²) in [7, 11) is 3.45. The summed E-state index contributed by atoms with van der Waals surface area (Å²) in [5, 5.41) is 3.28. The third-order valence-electron chi connectivity index (χ3n) is 4.21. The predicted octanol–water partition coefficient (Wildman–Crippen LogP) is -0.0971. The molecular weight excluding hydrogens is 294 g/mol. The van der Waals surface area contributed by atoms with Crippen molar-refractivity contribution in [2.45, 2.75) is 25.8 Å². The zero-order valence-corrected chi connectivity index (χ0v) is 14.3. The minimum absolute atomic E-state index is 0.0331. The fourth-order valence-corrected chi connectivity index (χ4v) is 2.84. The second-order valence-corrected chi connectivity index (χ2v) is 6.46. The molecule has 2 rings (SSSR count). The van der Waals surface area contributed by atoms with Gasteiger partial charge in [0.2, 0.25) is 11.8 Å². The highest BCUT2D eigenvalue weighted by Gasteiger charge is 2.36. The predicted molar refractivity (Wildman–Crippen MR) is 90.1 cm³/mol. The zero-order chi connectivity index (χ0) is 17.0. The van der Waals surface area contributed by atoms with Crippen molar-refractivity contribution in [3.05, 3.63) is 12.2 Å². The Kier molecular flexibility index (Phi) is 5.63. The van der Waals surface area contributed by atoms with E-state index in [2.05, 4.69) is 21.8 Å². The van der Waals surface area contributed by atoms with Crippen molar-refractivity contribution >= 4 is 17.8 Å². The molecule has 1 unspecified atom stereocenters. The van der Waals surface area contributed by atoms with Crippen LogP contribution in [-0.4, -0.2) is 85.3 Å². The molecule has 0 bridgehead atoms. The van der Waals surface area contributed by atoms with Gasteiger partial charge in [-0.05, 0) is 13.3 Å². The number of hydrogen-bond donors (Lipinski definition) is 1. The van der Waals surface area contributed by atoms with Crippen LogP contribution in [0.3, 0.4) is 0 Å². The molecule has 2 amide bonds. The number of rotatable bonds is 4. The summed E-state index contributed by atoms with van der Waals surface area (Å²) in [5.41, 5.74) is 1.01. The van der Waals surface area contributed by atoms with Crippen molar-refractivity contribution in [3.63, 3.8) is 0 Å². The van der Waals surface area contributed by atoms with Crippen molar-refractivity contribution < 1.29 is 9.59 Å². The molecule has 2 fully saturated rings. The molecule has 0 aromatic rings. The lowest BCUT2D eigenvalue weighted by atomic mass is 10.1. The molecule has 2 heterocycles. The molecule has 23 heavy (non-hydrogen) atoms. The van der Waals surface area contributed by atoms with Crippen LogP contribution in [0.4, 0.5) is 0 Å². The molecule has 2 aliphatic rings. The van der Waals surface area contributed by atoms with Crippen molar-refractivity contribution in [3.8, 4) is 0 Å². The molecule has 2 aliphatic heterocycles. The van der Waals surface area contributed by atoms with Gasteiger partial charge in [0.1, 0.15) is 6.54 Å². The van der Waals surface area contributed by atoms with E-state index in [1.807, 2.05) is 11.8 Å². The van der Waals surface area contributed by atoms with Gasteiger partial charge in [0.25, 0.3) is 0 Å². The van der Waals surface area contributed by atoms with Crippen LogP contribution in [0.15, 0.2) is 17.1 Å². The van der Waals surface area contributed by atoms with Crippen LogP contribution in [0.2, 0.25) is 0 Å². The van der Waals surface area contributed by atoms with Crippen LogP contribution in [0.25, 0.3) is 0 Å². The lowest BCUT2D eigenvalue weighted by Crippen LogP contribution is -2.56. The Hall–Kier alpha value is -2.05. The van der Waals surface area contributed by atoms with Crippen molar-refractivity contribution in [1.82, 2.24) is 20.0 Å². The van der Waals surface area contributed by atoms with Crippen molar-refractivity contribution in [1.29, 1.82) is 0 Å². The Morgan fingerprint density at radius 3 is 2.83 bits per heavy atom. The summed E-state index contributed by atoms with van der Waals surface area (Å²) in [4.78, 5) is 33.7. The highest BCUT2D eigenvalue weighted by Crippen LogP contribution is 2.22. The smallest absolute Gasteiger partial charge is 0.243 e. The average Bonchev–Trinajstić information content (AvgIpc) is 2.87. The van der Waals surface area contributed by atoms with E-state index < -0.39 is 0 Å². The first-order chi connectivity index (χ1) is 10.9. The summed E-state index contributed by atoms with van der Waals surface area (Å²) < 4.78 is 0. The highest BCUT2D eigenvalue weighted by molar-refractivity contribution is 5.85. The molecule has 0 spiro atoms. The minimum atomic E-state index is -0.0331. The molecule has 0 radical (unpaired) electrons. The number of aliphatic imine (C=N–C) groups is 1. The molecule has 2 saturated heterocycles. The first-order valence-corrected chi connectivity index (χ1v) is 8.05. The topological polar surface area (TPSA) is 68.2 Å². The van der Waals surface area contributed by atoms with Gasteiger partial charge >= 0.3 is 0 Å². The summed E-state index contributed by atoms with van der Waals surface area (Å²) in [6, 6.07) is 0.262. The van der Waals surface area contributed by atoms with Crippen molar-refractivity contribution in [2.75, 3.05) is 46.8 Å². The Bertz CT molecular complexity index is 515. The normalized spacial score (nSPS) is 21.3. The number of amides is 2. The summed E-state index contributed by atoms with van der Waals surface area (Å²) in [6.07, 6.45) is 1.54. The molecule has 1 atom stereocenters. The van der Waals surface area contributed by atoms with Crippen LogP contribution in [0.5, 0.6) is 0 Å². The van der Waals surface area contributed by atoms with Gasteiger partial charge in [-0.25, -0.2) is 4.99 Å². The molecule has 0 saturated carbocycles. The monoisotopic (exact) mass is 321 g/mol.